The van der Waals surface area contributed by atoms with E-state index in [1.54, 1.807) is 0 Å². The molecule has 90 valence electrons. The number of hydrogen-bond donors (Lipinski definition) is 3. The Kier molecular flexibility index (Phi) is 3.32. The Bertz CT molecular complexity index is 437. The topological polar surface area (TPSA) is 75.3 Å². The lowest BCUT2D eigenvalue weighted by atomic mass is 9.91. The molecule has 0 radical (unpaired) electrons. The van der Waals surface area contributed by atoms with E-state index in [-0.39, 0.29) is 6.04 Å². The molecular formula is C13H16N2O2. The van der Waals surface area contributed by atoms with E-state index >= 15 is 0 Å². The smallest absolute Gasteiger partial charge is 0.404 e. The van der Waals surface area contributed by atoms with Crippen LogP contribution in [0, 0.1) is 0 Å². The third kappa shape index (κ3) is 3.00. The van der Waals surface area contributed by atoms with E-state index < -0.39 is 6.09 Å². The van der Waals surface area contributed by atoms with Crippen molar-refractivity contribution >= 4 is 17.4 Å². The number of anilines is 1. The standard InChI is InChI=1S/C13H16N2O2/c14-11-5-1-9(2-6-11)10-3-7-12(8-4-10)15-13(16)17/h1-3,5-6,12,15H,4,7-8,14H2,(H,16,17). The van der Waals surface area contributed by atoms with Crippen molar-refractivity contribution < 1.29 is 9.90 Å². The zero-order chi connectivity index (χ0) is 12.3. The summed E-state index contributed by atoms with van der Waals surface area (Å²) in [6.07, 6.45) is 3.67. The number of hydrogen-bond acceptors (Lipinski definition) is 2. The van der Waals surface area contributed by atoms with Gasteiger partial charge in [0.05, 0.1) is 0 Å². The van der Waals surface area contributed by atoms with Crippen molar-refractivity contribution in [3.63, 3.8) is 0 Å². The summed E-state index contributed by atoms with van der Waals surface area (Å²) in [4.78, 5) is 10.5. The predicted molar refractivity (Wildman–Crippen MR) is 67.6 cm³/mol. The summed E-state index contributed by atoms with van der Waals surface area (Å²) in [5.41, 5.74) is 8.84. The number of carbonyl (C=O) groups is 1. The SMILES string of the molecule is Nc1ccc(C2=CCC(NC(=O)O)CC2)cc1. The second-order valence-corrected chi connectivity index (χ2v) is 4.27. The van der Waals surface area contributed by atoms with Crippen molar-refractivity contribution in [3.8, 4) is 0 Å². The summed E-state index contributed by atoms with van der Waals surface area (Å²) in [6.45, 7) is 0. The van der Waals surface area contributed by atoms with E-state index in [1.165, 1.54) is 11.1 Å². The lowest BCUT2D eigenvalue weighted by Gasteiger charge is -2.22. The van der Waals surface area contributed by atoms with Gasteiger partial charge in [-0.2, -0.15) is 0 Å². The van der Waals surface area contributed by atoms with Crippen LogP contribution in [0.4, 0.5) is 10.5 Å². The monoisotopic (exact) mass is 232 g/mol. The van der Waals surface area contributed by atoms with Crippen LogP contribution in [0.3, 0.4) is 0 Å². The highest BCUT2D eigenvalue weighted by molar-refractivity contribution is 5.69. The molecule has 4 N–H and O–H groups in total. The number of rotatable bonds is 2. The first-order valence-corrected chi connectivity index (χ1v) is 5.69. The van der Waals surface area contributed by atoms with Crippen LogP contribution in [0.1, 0.15) is 24.8 Å². The van der Waals surface area contributed by atoms with Gasteiger partial charge in [-0.3, -0.25) is 0 Å². The second kappa shape index (κ2) is 4.91. The minimum atomic E-state index is -0.945. The quantitative estimate of drug-likeness (QED) is 0.686. The number of carboxylic acid groups (broad SMARTS) is 1. The maximum atomic E-state index is 10.5. The molecule has 1 aromatic carbocycles. The van der Waals surface area contributed by atoms with E-state index in [4.69, 9.17) is 10.8 Å². The highest BCUT2D eigenvalue weighted by Gasteiger charge is 2.16. The molecule has 1 aliphatic carbocycles. The van der Waals surface area contributed by atoms with Gasteiger partial charge in [0.25, 0.3) is 0 Å². The van der Waals surface area contributed by atoms with E-state index in [0.717, 1.165) is 24.9 Å². The molecule has 0 aromatic heterocycles. The van der Waals surface area contributed by atoms with Crippen LogP contribution in [0.25, 0.3) is 5.57 Å². The molecule has 0 heterocycles. The molecular weight excluding hydrogens is 216 g/mol. The molecule has 1 amide bonds. The molecule has 1 atom stereocenters. The Hall–Kier alpha value is -1.97. The summed E-state index contributed by atoms with van der Waals surface area (Å²) >= 11 is 0. The van der Waals surface area contributed by atoms with Crippen LogP contribution in [0.5, 0.6) is 0 Å². The summed E-state index contributed by atoms with van der Waals surface area (Å²) in [5, 5.41) is 11.1. The van der Waals surface area contributed by atoms with Gasteiger partial charge in [0, 0.05) is 11.7 Å². The predicted octanol–water partition coefficient (Wildman–Crippen LogP) is 2.47. The first-order valence-electron chi connectivity index (χ1n) is 5.69. The Balaban J connectivity index is 2.03. The van der Waals surface area contributed by atoms with Gasteiger partial charge >= 0.3 is 6.09 Å². The molecule has 1 aromatic rings. The Morgan fingerprint density at radius 3 is 2.59 bits per heavy atom. The Morgan fingerprint density at radius 2 is 2.06 bits per heavy atom. The van der Waals surface area contributed by atoms with E-state index in [1.807, 2.05) is 24.3 Å². The van der Waals surface area contributed by atoms with Crippen molar-refractivity contribution in [2.24, 2.45) is 0 Å². The fourth-order valence-electron chi connectivity index (χ4n) is 2.10. The summed E-state index contributed by atoms with van der Waals surface area (Å²) in [6, 6.07) is 7.83. The van der Waals surface area contributed by atoms with Crippen LogP contribution < -0.4 is 11.1 Å². The van der Waals surface area contributed by atoms with Crippen LogP contribution in [-0.2, 0) is 0 Å². The first-order chi connectivity index (χ1) is 8.15. The molecule has 0 fully saturated rings. The van der Waals surface area contributed by atoms with Gasteiger partial charge in [-0.05, 0) is 42.5 Å². The zero-order valence-electron chi connectivity index (χ0n) is 9.52. The van der Waals surface area contributed by atoms with E-state index in [9.17, 15) is 4.79 Å². The molecule has 0 saturated carbocycles. The third-order valence-corrected chi connectivity index (χ3v) is 3.02. The molecule has 0 saturated heterocycles. The van der Waals surface area contributed by atoms with E-state index in [2.05, 4.69) is 11.4 Å². The molecule has 0 aliphatic heterocycles. The van der Waals surface area contributed by atoms with Gasteiger partial charge in [-0.1, -0.05) is 18.2 Å². The van der Waals surface area contributed by atoms with Crippen molar-refractivity contribution in [2.45, 2.75) is 25.3 Å². The molecule has 4 nitrogen and oxygen atoms in total. The lowest BCUT2D eigenvalue weighted by molar-refractivity contribution is 0.189. The van der Waals surface area contributed by atoms with E-state index in [0.29, 0.717) is 0 Å². The molecule has 4 heteroatoms. The average molecular weight is 232 g/mol. The number of allylic oxidation sites excluding steroid dienone is 1. The molecule has 0 spiro atoms. The Labute approximate surface area is 100 Å². The average Bonchev–Trinajstić information content (AvgIpc) is 2.30. The van der Waals surface area contributed by atoms with Crippen LogP contribution in [0.15, 0.2) is 30.3 Å². The zero-order valence-corrected chi connectivity index (χ0v) is 9.52. The fraction of sp³-hybridized carbons (Fsp3) is 0.308. The van der Waals surface area contributed by atoms with Crippen LogP contribution >= 0.6 is 0 Å². The highest BCUT2D eigenvalue weighted by Crippen LogP contribution is 2.27. The number of nitrogens with one attached hydrogen (secondary N) is 1. The summed E-state index contributed by atoms with van der Waals surface area (Å²) in [5.74, 6) is 0. The third-order valence-electron chi connectivity index (χ3n) is 3.02. The molecule has 17 heavy (non-hydrogen) atoms. The maximum absolute atomic E-state index is 10.5. The van der Waals surface area contributed by atoms with Gasteiger partial charge in [-0.15, -0.1) is 0 Å². The first kappa shape index (κ1) is 11.5. The molecule has 1 unspecified atom stereocenters. The number of nitrogens with two attached hydrogens (primary N) is 1. The van der Waals surface area contributed by atoms with Crippen LogP contribution in [0.2, 0.25) is 0 Å². The lowest BCUT2D eigenvalue weighted by Crippen LogP contribution is -2.34. The second-order valence-electron chi connectivity index (χ2n) is 4.27. The van der Waals surface area contributed by atoms with Crippen LogP contribution in [-0.4, -0.2) is 17.2 Å². The Morgan fingerprint density at radius 1 is 1.35 bits per heavy atom. The van der Waals surface area contributed by atoms with Crippen molar-refractivity contribution in [2.75, 3.05) is 5.73 Å². The minimum absolute atomic E-state index is 0.0463. The number of nitrogen functional groups attached to an aromatic ring is 1. The fourth-order valence-corrected chi connectivity index (χ4v) is 2.10. The van der Waals surface area contributed by atoms with Gasteiger partial charge in [0.1, 0.15) is 0 Å². The maximum Gasteiger partial charge on any atom is 0.404 e. The van der Waals surface area contributed by atoms with Gasteiger partial charge in [-0.25, -0.2) is 4.79 Å². The van der Waals surface area contributed by atoms with Gasteiger partial charge in [0.2, 0.25) is 0 Å². The highest BCUT2D eigenvalue weighted by atomic mass is 16.4. The summed E-state index contributed by atoms with van der Waals surface area (Å²) < 4.78 is 0. The minimum Gasteiger partial charge on any atom is -0.465 e. The largest absolute Gasteiger partial charge is 0.465 e. The normalized spacial score (nSPS) is 19.5. The molecule has 1 aliphatic rings. The summed E-state index contributed by atoms with van der Waals surface area (Å²) in [7, 11) is 0. The van der Waals surface area contributed by atoms with Crippen molar-refractivity contribution in [1.82, 2.24) is 5.32 Å². The van der Waals surface area contributed by atoms with Gasteiger partial charge < -0.3 is 16.2 Å². The van der Waals surface area contributed by atoms with Crippen molar-refractivity contribution in [1.29, 1.82) is 0 Å². The number of benzene rings is 1. The van der Waals surface area contributed by atoms with Gasteiger partial charge in [0.15, 0.2) is 0 Å². The number of amides is 1. The van der Waals surface area contributed by atoms with Crippen molar-refractivity contribution in [3.05, 3.63) is 35.9 Å². The molecule has 2 rings (SSSR count). The molecule has 0 bridgehead atoms.